The monoisotopic (exact) mass is 163 g/mol. The van der Waals surface area contributed by atoms with Gasteiger partial charge in [0.05, 0.1) is 5.69 Å². The van der Waals surface area contributed by atoms with Crippen LogP contribution in [0.2, 0.25) is 0 Å². The average Bonchev–Trinajstić information content (AvgIpc) is 2.50. The first-order chi connectivity index (χ1) is 5.86. The van der Waals surface area contributed by atoms with Crippen molar-refractivity contribution in [3.05, 3.63) is 17.0 Å². The van der Waals surface area contributed by atoms with Crippen molar-refractivity contribution in [3.63, 3.8) is 0 Å². The Hall–Kier alpha value is -0.830. The number of H-pyrrole nitrogens is 1. The number of nitrogens with two attached hydrogens (primary N) is 1. The molecule has 1 fully saturated rings. The average molecular weight is 163 g/mol. The molecule has 1 heterocycles. The van der Waals surface area contributed by atoms with Crippen LogP contribution in [0.1, 0.15) is 35.7 Å². The number of aromatic nitrogens is 2. The number of rotatable bonds is 1. The van der Waals surface area contributed by atoms with E-state index in [2.05, 4.69) is 10.2 Å². The van der Waals surface area contributed by atoms with Gasteiger partial charge >= 0.3 is 0 Å². The van der Waals surface area contributed by atoms with Crippen LogP contribution in [0.5, 0.6) is 0 Å². The van der Waals surface area contributed by atoms with Gasteiger partial charge < -0.3 is 5.73 Å². The van der Waals surface area contributed by atoms with Crippen LogP contribution in [-0.4, -0.2) is 16.2 Å². The third-order valence-electron chi connectivity index (χ3n) is 3.03. The molecule has 0 amide bonds. The SMILES string of the molecule is N[C@@H]1C[C@H]1c1n[nH]c2c1CCC2. The lowest BCUT2D eigenvalue weighted by atomic mass is 10.1. The van der Waals surface area contributed by atoms with Crippen molar-refractivity contribution in [2.24, 2.45) is 5.73 Å². The van der Waals surface area contributed by atoms with Crippen LogP contribution in [-0.2, 0) is 12.8 Å². The molecule has 0 unspecified atom stereocenters. The van der Waals surface area contributed by atoms with Crippen molar-refractivity contribution in [3.8, 4) is 0 Å². The number of aromatic amines is 1. The largest absolute Gasteiger partial charge is 0.327 e. The number of fused-ring (bicyclic) bond motifs is 1. The van der Waals surface area contributed by atoms with Crippen molar-refractivity contribution < 1.29 is 0 Å². The van der Waals surface area contributed by atoms with Crippen LogP contribution in [0.3, 0.4) is 0 Å². The fourth-order valence-corrected chi connectivity index (χ4v) is 2.18. The molecule has 0 radical (unpaired) electrons. The Labute approximate surface area is 71.3 Å². The molecule has 3 nitrogen and oxygen atoms in total. The summed E-state index contributed by atoms with van der Waals surface area (Å²) in [5.41, 5.74) is 9.92. The molecule has 2 aliphatic rings. The van der Waals surface area contributed by atoms with Crippen LogP contribution < -0.4 is 5.73 Å². The van der Waals surface area contributed by atoms with E-state index in [0.717, 1.165) is 6.42 Å². The Balaban J connectivity index is 2.00. The number of hydrogen-bond donors (Lipinski definition) is 2. The highest BCUT2D eigenvalue weighted by atomic mass is 15.1. The Kier molecular flexibility index (Phi) is 1.17. The van der Waals surface area contributed by atoms with E-state index in [1.54, 1.807) is 0 Å². The van der Waals surface area contributed by atoms with E-state index in [9.17, 15) is 0 Å². The summed E-state index contributed by atoms with van der Waals surface area (Å²) in [4.78, 5) is 0. The van der Waals surface area contributed by atoms with Gasteiger partial charge in [-0.2, -0.15) is 5.10 Å². The van der Waals surface area contributed by atoms with Crippen LogP contribution in [0.25, 0.3) is 0 Å². The van der Waals surface area contributed by atoms with E-state index in [4.69, 9.17) is 5.73 Å². The lowest BCUT2D eigenvalue weighted by molar-refractivity contribution is 0.828. The molecule has 12 heavy (non-hydrogen) atoms. The lowest BCUT2D eigenvalue weighted by Gasteiger charge is -1.94. The van der Waals surface area contributed by atoms with E-state index in [1.165, 1.54) is 36.2 Å². The minimum absolute atomic E-state index is 0.387. The second-order valence-electron chi connectivity index (χ2n) is 3.93. The summed E-state index contributed by atoms with van der Waals surface area (Å²) >= 11 is 0. The molecule has 0 spiro atoms. The van der Waals surface area contributed by atoms with E-state index in [0.29, 0.717) is 12.0 Å². The normalized spacial score (nSPS) is 32.1. The van der Waals surface area contributed by atoms with Gasteiger partial charge in [0.25, 0.3) is 0 Å². The number of nitrogens with zero attached hydrogens (tertiary/aromatic N) is 1. The molecule has 3 rings (SSSR count). The molecular weight excluding hydrogens is 150 g/mol. The van der Waals surface area contributed by atoms with Gasteiger partial charge in [-0.05, 0) is 31.2 Å². The van der Waals surface area contributed by atoms with Crippen LogP contribution >= 0.6 is 0 Å². The molecule has 1 aromatic rings. The van der Waals surface area contributed by atoms with Crippen molar-refractivity contribution in [2.45, 2.75) is 37.6 Å². The Morgan fingerprint density at radius 3 is 3.00 bits per heavy atom. The van der Waals surface area contributed by atoms with Crippen molar-refractivity contribution in [2.75, 3.05) is 0 Å². The summed E-state index contributed by atoms with van der Waals surface area (Å²) < 4.78 is 0. The van der Waals surface area contributed by atoms with E-state index < -0.39 is 0 Å². The molecule has 64 valence electrons. The maximum Gasteiger partial charge on any atom is 0.0703 e. The first-order valence-corrected chi connectivity index (χ1v) is 4.68. The number of nitrogens with one attached hydrogen (secondary N) is 1. The summed E-state index contributed by atoms with van der Waals surface area (Å²) in [5, 5.41) is 7.47. The van der Waals surface area contributed by atoms with E-state index in [1.807, 2.05) is 0 Å². The van der Waals surface area contributed by atoms with Crippen molar-refractivity contribution in [1.29, 1.82) is 0 Å². The van der Waals surface area contributed by atoms with Gasteiger partial charge in [-0.25, -0.2) is 0 Å². The van der Waals surface area contributed by atoms with Crippen molar-refractivity contribution >= 4 is 0 Å². The molecule has 3 N–H and O–H groups in total. The van der Waals surface area contributed by atoms with Gasteiger partial charge in [-0.15, -0.1) is 0 Å². The number of hydrogen-bond acceptors (Lipinski definition) is 2. The van der Waals surface area contributed by atoms with Gasteiger partial charge in [0, 0.05) is 17.7 Å². The zero-order chi connectivity index (χ0) is 8.13. The van der Waals surface area contributed by atoms with Crippen LogP contribution in [0.4, 0.5) is 0 Å². The van der Waals surface area contributed by atoms with Gasteiger partial charge in [0.2, 0.25) is 0 Å². The fourth-order valence-electron chi connectivity index (χ4n) is 2.18. The molecule has 2 aliphatic carbocycles. The van der Waals surface area contributed by atoms with E-state index >= 15 is 0 Å². The van der Waals surface area contributed by atoms with Crippen LogP contribution in [0, 0.1) is 0 Å². The predicted molar refractivity (Wildman–Crippen MR) is 45.9 cm³/mol. The highest BCUT2D eigenvalue weighted by Crippen LogP contribution is 2.41. The van der Waals surface area contributed by atoms with Gasteiger partial charge in [0.15, 0.2) is 0 Å². The van der Waals surface area contributed by atoms with Crippen LogP contribution in [0.15, 0.2) is 0 Å². The topological polar surface area (TPSA) is 54.7 Å². The predicted octanol–water partition coefficient (Wildman–Crippen LogP) is 0.713. The molecule has 0 bridgehead atoms. The lowest BCUT2D eigenvalue weighted by Crippen LogP contribution is -2.02. The molecule has 3 heteroatoms. The standard InChI is InChI=1S/C9H13N3/c10-7-4-6(7)9-5-2-1-3-8(5)11-12-9/h6-7H,1-4,10H2,(H,11,12)/t6-,7-/m1/s1. The zero-order valence-electron chi connectivity index (χ0n) is 7.01. The summed E-state index contributed by atoms with van der Waals surface area (Å²) in [7, 11) is 0. The number of aryl methyl sites for hydroxylation is 1. The molecule has 0 aliphatic heterocycles. The molecule has 0 aromatic carbocycles. The Morgan fingerprint density at radius 1 is 1.42 bits per heavy atom. The van der Waals surface area contributed by atoms with Crippen molar-refractivity contribution in [1.82, 2.24) is 10.2 Å². The second kappa shape index (κ2) is 2.10. The fraction of sp³-hybridized carbons (Fsp3) is 0.667. The zero-order valence-corrected chi connectivity index (χ0v) is 7.01. The Morgan fingerprint density at radius 2 is 2.25 bits per heavy atom. The third kappa shape index (κ3) is 0.771. The summed E-state index contributed by atoms with van der Waals surface area (Å²) in [6.45, 7) is 0. The van der Waals surface area contributed by atoms with Gasteiger partial charge in [0.1, 0.15) is 0 Å². The molecule has 1 aromatic heterocycles. The summed E-state index contributed by atoms with van der Waals surface area (Å²) in [6.07, 6.45) is 4.82. The minimum Gasteiger partial charge on any atom is -0.327 e. The minimum atomic E-state index is 0.387. The highest BCUT2D eigenvalue weighted by molar-refractivity contribution is 5.35. The second-order valence-corrected chi connectivity index (χ2v) is 3.93. The molecular formula is C9H13N3. The summed E-state index contributed by atoms with van der Waals surface area (Å²) in [5.74, 6) is 0.572. The maximum atomic E-state index is 5.80. The molecule has 0 saturated heterocycles. The van der Waals surface area contributed by atoms with Gasteiger partial charge in [-0.3, -0.25) is 5.10 Å². The maximum absolute atomic E-state index is 5.80. The first kappa shape index (κ1) is 6.66. The highest BCUT2D eigenvalue weighted by Gasteiger charge is 2.39. The molecule has 1 saturated carbocycles. The van der Waals surface area contributed by atoms with Gasteiger partial charge in [-0.1, -0.05) is 0 Å². The summed E-state index contributed by atoms with van der Waals surface area (Å²) in [6, 6.07) is 0.387. The third-order valence-corrected chi connectivity index (χ3v) is 3.03. The quantitative estimate of drug-likeness (QED) is 0.640. The van der Waals surface area contributed by atoms with E-state index in [-0.39, 0.29) is 0 Å². The first-order valence-electron chi connectivity index (χ1n) is 4.68. The molecule has 2 atom stereocenters. The smallest absolute Gasteiger partial charge is 0.0703 e. The Bertz CT molecular complexity index is 316.